The Hall–Kier alpha value is -1.80. The summed E-state index contributed by atoms with van der Waals surface area (Å²) in [6.07, 6.45) is 3.76. The molecule has 0 spiro atoms. The highest BCUT2D eigenvalue weighted by Crippen LogP contribution is 2.38. The first-order valence-corrected chi connectivity index (χ1v) is 8.19. The van der Waals surface area contributed by atoms with Crippen LogP contribution in [0.1, 0.15) is 41.6 Å². The van der Waals surface area contributed by atoms with Gasteiger partial charge in [-0.3, -0.25) is 0 Å². The van der Waals surface area contributed by atoms with E-state index < -0.39 is 10.0 Å². The standard InChI is InChI=1S/C13H16N4O3S/c1-8-13(9(2)20-17-8)21(18,19)16-6-11-5-12(10-3-4-10)15-7-14-11/h5,7,10,16H,3-4,6H2,1-2H3. The van der Waals surface area contributed by atoms with Crippen LogP contribution in [0.4, 0.5) is 0 Å². The summed E-state index contributed by atoms with van der Waals surface area (Å²) in [7, 11) is -3.66. The Labute approximate surface area is 122 Å². The fourth-order valence-corrected chi connectivity index (χ4v) is 3.54. The van der Waals surface area contributed by atoms with Crippen molar-refractivity contribution in [3.05, 3.63) is 35.2 Å². The van der Waals surface area contributed by atoms with Crippen molar-refractivity contribution in [3.63, 3.8) is 0 Å². The van der Waals surface area contributed by atoms with E-state index in [1.165, 1.54) is 6.33 Å². The van der Waals surface area contributed by atoms with Crippen LogP contribution in [0.2, 0.25) is 0 Å². The maximum atomic E-state index is 12.3. The van der Waals surface area contributed by atoms with Crippen molar-refractivity contribution < 1.29 is 12.9 Å². The normalized spacial score (nSPS) is 15.3. The van der Waals surface area contributed by atoms with Gasteiger partial charge < -0.3 is 4.52 Å². The molecular weight excluding hydrogens is 292 g/mol. The molecule has 0 amide bonds. The SMILES string of the molecule is Cc1noc(C)c1S(=O)(=O)NCc1cc(C2CC2)ncn1. The van der Waals surface area contributed by atoms with Crippen molar-refractivity contribution in [1.82, 2.24) is 19.8 Å². The van der Waals surface area contributed by atoms with E-state index in [1.54, 1.807) is 13.8 Å². The minimum Gasteiger partial charge on any atom is -0.360 e. The quantitative estimate of drug-likeness (QED) is 0.897. The minimum absolute atomic E-state index is 0.0963. The lowest BCUT2D eigenvalue weighted by molar-refractivity contribution is 0.390. The lowest BCUT2D eigenvalue weighted by Gasteiger charge is -2.06. The van der Waals surface area contributed by atoms with Gasteiger partial charge in [-0.25, -0.2) is 23.1 Å². The Balaban J connectivity index is 1.76. The lowest BCUT2D eigenvalue weighted by atomic mass is 10.2. The van der Waals surface area contributed by atoms with E-state index in [-0.39, 0.29) is 17.2 Å². The third-order valence-electron chi connectivity index (χ3n) is 3.42. The van der Waals surface area contributed by atoms with Gasteiger partial charge in [-0.15, -0.1) is 0 Å². The van der Waals surface area contributed by atoms with E-state index in [2.05, 4.69) is 19.8 Å². The van der Waals surface area contributed by atoms with Gasteiger partial charge in [0.15, 0.2) is 5.76 Å². The topological polar surface area (TPSA) is 98.0 Å². The van der Waals surface area contributed by atoms with Crippen molar-refractivity contribution in [1.29, 1.82) is 0 Å². The molecule has 0 aromatic carbocycles. The molecule has 1 N–H and O–H groups in total. The van der Waals surface area contributed by atoms with Gasteiger partial charge in [0, 0.05) is 11.6 Å². The molecule has 0 atom stereocenters. The molecule has 8 heteroatoms. The molecule has 0 aliphatic heterocycles. The smallest absolute Gasteiger partial charge is 0.246 e. The van der Waals surface area contributed by atoms with Crippen molar-refractivity contribution >= 4 is 10.0 Å². The van der Waals surface area contributed by atoms with Crippen LogP contribution in [0, 0.1) is 13.8 Å². The van der Waals surface area contributed by atoms with Crippen LogP contribution in [0.15, 0.2) is 21.8 Å². The van der Waals surface area contributed by atoms with E-state index in [0.717, 1.165) is 18.5 Å². The van der Waals surface area contributed by atoms with Crippen LogP contribution in [-0.4, -0.2) is 23.5 Å². The summed E-state index contributed by atoms with van der Waals surface area (Å²) >= 11 is 0. The second kappa shape index (κ2) is 5.19. The highest BCUT2D eigenvalue weighted by molar-refractivity contribution is 7.89. The molecule has 1 aliphatic carbocycles. The van der Waals surface area contributed by atoms with E-state index >= 15 is 0 Å². The third-order valence-corrected chi connectivity index (χ3v) is 5.07. The Kier molecular flexibility index (Phi) is 3.50. The van der Waals surface area contributed by atoms with Crippen LogP contribution in [-0.2, 0) is 16.6 Å². The summed E-state index contributed by atoms with van der Waals surface area (Å²) in [5.74, 6) is 0.785. The average Bonchev–Trinajstić information content (AvgIpc) is 3.23. The summed E-state index contributed by atoms with van der Waals surface area (Å²) < 4.78 is 32.0. The highest BCUT2D eigenvalue weighted by atomic mass is 32.2. The first kappa shape index (κ1) is 14.2. The van der Waals surface area contributed by atoms with Crippen LogP contribution in [0.3, 0.4) is 0 Å². The number of hydrogen-bond acceptors (Lipinski definition) is 6. The highest BCUT2D eigenvalue weighted by Gasteiger charge is 2.26. The van der Waals surface area contributed by atoms with Crippen molar-refractivity contribution in [2.24, 2.45) is 0 Å². The number of rotatable bonds is 5. The number of sulfonamides is 1. The fourth-order valence-electron chi connectivity index (χ4n) is 2.21. The molecule has 2 aromatic rings. The predicted molar refractivity (Wildman–Crippen MR) is 74.0 cm³/mol. The molecule has 2 heterocycles. The molecule has 112 valence electrons. The molecule has 1 aliphatic rings. The van der Waals surface area contributed by atoms with E-state index in [9.17, 15) is 8.42 Å². The van der Waals surface area contributed by atoms with Crippen molar-refractivity contribution in [3.8, 4) is 0 Å². The summed E-state index contributed by atoms with van der Waals surface area (Å²) in [6, 6.07) is 1.85. The Morgan fingerprint density at radius 1 is 1.33 bits per heavy atom. The Morgan fingerprint density at radius 2 is 2.10 bits per heavy atom. The lowest BCUT2D eigenvalue weighted by Crippen LogP contribution is -2.24. The van der Waals surface area contributed by atoms with Crippen LogP contribution < -0.4 is 4.72 Å². The first-order valence-electron chi connectivity index (χ1n) is 6.71. The van der Waals surface area contributed by atoms with Crippen LogP contribution in [0.25, 0.3) is 0 Å². The fraction of sp³-hybridized carbons (Fsp3) is 0.462. The summed E-state index contributed by atoms with van der Waals surface area (Å²) in [6.45, 7) is 3.29. The second-order valence-corrected chi connectivity index (χ2v) is 6.89. The molecule has 0 radical (unpaired) electrons. The molecular formula is C13H16N4O3S. The van der Waals surface area contributed by atoms with E-state index in [1.807, 2.05) is 6.07 Å². The monoisotopic (exact) mass is 308 g/mol. The molecule has 1 fully saturated rings. The summed E-state index contributed by atoms with van der Waals surface area (Å²) in [5, 5.41) is 3.66. The molecule has 3 rings (SSSR count). The zero-order valence-electron chi connectivity index (χ0n) is 11.8. The molecule has 1 saturated carbocycles. The first-order chi connectivity index (χ1) is 9.97. The maximum absolute atomic E-state index is 12.3. The van der Waals surface area contributed by atoms with Gasteiger partial charge in [-0.1, -0.05) is 5.16 Å². The summed E-state index contributed by atoms with van der Waals surface area (Å²) in [4.78, 5) is 8.41. The van der Waals surface area contributed by atoms with Gasteiger partial charge in [0.25, 0.3) is 0 Å². The maximum Gasteiger partial charge on any atom is 0.246 e. The zero-order valence-corrected chi connectivity index (χ0v) is 12.6. The Morgan fingerprint density at radius 3 is 2.71 bits per heavy atom. The van der Waals surface area contributed by atoms with Crippen LogP contribution in [0.5, 0.6) is 0 Å². The van der Waals surface area contributed by atoms with Gasteiger partial charge in [-0.2, -0.15) is 0 Å². The number of nitrogens with one attached hydrogen (secondary N) is 1. The van der Waals surface area contributed by atoms with Crippen molar-refractivity contribution in [2.45, 2.75) is 44.0 Å². The minimum atomic E-state index is -3.66. The average molecular weight is 308 g/mol. The molecule has 21 heavy (non-hydrogen) atoms. The summed E-state index contributed by atoms with van der Waals surface area (Å²) in [5.41, 5.74) is 1.99. The van der Waals surface area contributed by atoms with Gasteiger partial charge in [0.2, 0.25) is 10.0 Å². The van der Waals surface area contributed by atoms with Crippen LogP contribution >= 0.6 is 0 Å². The van der Waals surface area contributed by atoms with E-state index in [0.29, 0.717) is 17.3 Å². The number of nitrogens with zero attached hydrogens (tertiary/aromatic N) is 3. The molecule has 0 saturated heterocycles. The molecule has 7 nitrogen and oxygen atoms in total. The molecule has 2 aromatic heterocycles. The number of hydrogen-bond donors (Lipinski definition) is 1. The van der Waals surface area contributed by atoms with Gasteiger partial charge in [0.05, 0.1) is 12.2 Å². The van der Waals surface area contributed by atoms with Gasteiger partial charge in [0.1, 0.15) is 16.9 Å². The second-order valence-electron chi connectivity index (χ2n) is 5.19. The Bertz CT molecular complexity index is 746. The van der Waals surface area contributed by atoms with Gasteiger partial charge in [-0.05, 0) is 32.8 Å². The third kappa shape index (κ3) is 2.96. The van der Waals surface area contributed by atoms with Gasteiger partial charge >= 0.3 is 0 Å². The molecule has 0 bridgehead atoms. The predicted octanol–water partition coefficient (Wildman–Crippen LogP) is 1.44. The zero-order chi connectivity index (χ0) is 15.0. The van der Waals surface area contributed by atoms with Crippen molar-refractivity contribution in [2.75, 3.05) is 0 Å². The number of aryl methyl sites for hydroxylation is 2. The van der Waals surface area contributed by atoms with E-state index in [4.69, 9.17) is 4.52 Å². The molecule has 0 unspecified atom stereocenters. The largest absolute Gasteiger partial charge is 0.360 e. The number of aromatic nitrogens is 3.